The number of carbonyl (C=O) groups is 1. The summed E-state index contributed by atoms with van der Waals surface area (Å²) in [4.78, 5) is 17.0. The summed E-state index contributed by atoms with van der Waals surface area (Å²) in [6.07, 6.45) is 5.62. The number of likely N-dealkylation sites (tertiary alicyclic amines) is 1. The maximum Gasteiger partial charge on any atom is 0.244 e. The minimum atomic E-state index is -0.0936. The van der Waals surface area contributed by atoms with Gasteiger partial charge >= 0.3 is 0 Å². The van der Waals surface area contributed by atoms with Crippen molar-refractivity contribution in [1.82, 2.24) is 4.90 Å². The summed E-state index contributed by atoms with van der Waals surface area (Å²) in [5.74, 6) is 0.268. The van der Waals surface area contributed by atoms with Gasteiger partial charge in [0.25, 0.3) is 0 Å². The Hall–Kier alpha value is -1.71. The van der Waals surface area contributed by atoms with E-state index in [4.69, 9.17) is 5.73 Å². The lowest BCUT2D eigenvalue weighted by Gasteiger charge is -2.39. The van der Waals surface area contributed by atoms with E-state index in [-0.39, 0.29) is 11.9 Å². The molecule has 0 spiro atoms. The van der Waals surface area contributed by atoms with Gasteiger partial charge < -0.3 is 15.5 Å². The third kappa shape index (κ3) is 2.71. The molecule has 0 bridgehead atoms. The number of nitrogens with zero attached hydrogens (tertiary/aromatic N) is 2. The first-order chi connectivity index (χ1) is 10.2. The summed E-state index contributed by atoms with van der Waals surface area (Å²) in [5.41, 5.74) is 9.32. The van der Waals surface area contributed by atoms with Crippen molar-refractivity contribution in [2.24, 2.45) is 0 Å². The minimum absolute atomic E-state index is 0.0936. The third-order valence-corrected chi connectivity index (χ3v) is 4.82. The van der Waals surface area contributed by atoms with Crippen molar-refractivity contribution in [2.45, 2.75) is 45.1 Å². The Labute approximate surface area is 126 Å². The molecule has 1 fully saturated rings. The molecule has 2 aliphatic rings. The number of nitrogen functional groups attached to an aromatic ring is 1. The van der Waals surface area contributed by atoms with E-state index in [9.17, 15) is 4.79 Å². The van der Waals surface area contributed by atoms with Gasteiger partial charge in [0, 0.05) is 31.0 Å². The fourth-order valence-electron chi connectivity index (χ4n) is 3.59. The maximum absolute atomic E-state index is 12.7. The zero-order chi connectivity index (χ0) is 14.8. The standard InChI is InChI=1S/C17H25N3O/c1-13(17(21)19-10-3-2-4-11-19)20-12-6-7-14-15(18)8-5-9-16(14)20/h5,8-9,13H,2-4,6-7,10-12,18H2,1H3. The van der Waals surface area contributed by atoms with E-state index < -0.39 is 0 Å². The molecule has 0 saturated carbocycles. The molecule has 114 valence electrons. The zero-order valence-electron chi connectivity index (χ0n) is 12.8. The van der Waals surface area contributed by atoms with Crippen LogP contribution in [0.1, 0.15) is 38.2 Å². The highest BCUT2D eigenvalue weighted by Gasteiger charge is 2.30. The van der Waals surface area contributed by atoms with E-state index in [2.05, 4.69) is 11.0 Å². The molecule has 4 heteroatoms. The van der Waals surface area contributed by atoms with Crippen molar-refractivity contribution in [3.63, 3.8) is 0 Å². The molecule has 2 heterocycles. The summed E-state index contributed by atoms with van der Waals surface area (Å²) < 4.78 is 0. The lowest BCUT2D eigenvalue weighted by molar-refractivity contribution is -0.133. The number of amides is 1. The summed E-state index contributed by atoms with van der Waals surface area (Å²) >= 11 is 0. The molecule has 1 atom stereocenters. The monoisotopic (exact) mass is 287 g/mol. The number of hydrogen-bond donors (Lipinski definition) is 1. The largest absolute Gasteiger partial charge is 0.398 e. The van der Waals surface area contributed by atoms with Gasteiger partial charge in [-0.25, -0.2) is 0 Å². The Morgan fingerprint density at radius 2 is 1.90 bits per heavy atom. The summed E-state index contributed by atoms with van der Waals surface area (Å²) in [5, 5.41) is 0. The molecule has 2 aliphatic heterocycles. The molecule has 1 saturated heterocycles. The van der Waals surface area contributed by atoms with Gasteiger partial charge in [-0.2, -0.15) is 0 Å². The number of nitrogens with two attached hydrogens (primary N) is 1. The predicted octanol–water partition coefficient (Wildman–Crippen LogP) is 2.42. The van der Waals surface area contributed by atoms with E-state index >= 15 is 0 Å². The number of anilines is 2. The molecule has 4 nitrogen and oxygen atoms in total. The molecule has 1 aromatic carbocycles. The average molecular weight is 287 g/mol. The van der Waals surface area contributed by atoms with Gasteiger partial charge in [-0.1, -0.05) is 6.07 Å². The highest BCUT2D eigenvalue weighted by atomic mass is 16.2. The van der Waals surface area contributed by atoms with Crippen LogP contribution in [0.25, 0.3) is 0 Å². The van der Waals surface area contributed by atoms with Crippen molar-refractivity contribution >= 4 is 17.3 Å². The van der Waals surface area contributed by atoms with E-state index in [0.29, 0.717) is 0 Å². The third-order valence-electron chi connectivity index (χ3n) is 4.82. The van der Waals surface area contributed by atoms with Crippen LogP contribution in [0.5, 0.6) is 0 Å². The first-order valence-electron chi connectivity index (χ1n) is 8.11. The van der Waals surface area contributed by atoms with Crippen LogP contribution in [-0.2, 0) is 11.2 Å². The molecule has 2 N–H and O–H groups in total. The summed E-state index contributed by atoms with van der Waals surface area (Å²) in [7, 11) is 0. The van der Waals surface area contributed by atoms with Crippen molar-refractivity contribution in [2.75, 3.05) is 30.3 Å². The Morgan fingerprint density at radius 1 is 1.14 bits per heavy atom. The summed E-state index contributed by atoms with van der Waals surface area (Å²) in [6.45, 7) is 4.81. The van der Waals surface area contributed by atoms with Crippen molar-refractivity contribution < 1.29 is 4.79 Å². The van der Waals surface area contributed by atoms with E-state index in [1.54, 1.807) is 0 Å². The second kappa shape index (κ2) is 5.96. The Kier molecular flexibility index (Phi) is 4.04. The molecule has 0 radical (unpaired) electrons. The van der Waals surface area contributed by atoms with Crippen LogP contribution in [-0.4, -0.2) is 36.5 Å². The number of hydrogen-bond acceptors (Lipinski definition) is 3. The van der Waals surface area contributed by atoms with Gasteiger partial charge in [0.15, 0.2) is 0 Å². The van der Waals surface area contributed by atoms with Crippen LogP contribution in [0.4, 0.5) is 11.4 Å². The topological polar surface area (TPSA) is 49.6 Å². The van der Waals surface area contributed by atoms with Gasteiger partial charge in [-0.05, 0) is 56.7 Å². The second-order valence-electron chi connectivity index (χ2n) is 6.20. The maximum atomic E-state index is 12.7. The zero-order valence-corrected chi connectivity index (χ0v) is 12.8. The molecule has 1 unspecified atom stereocenters. The van der Waals surface area contributed by atoms with Gasteiger partial charge in [0.05, 0.1) is 0 Å². The van der Waals surface area contributed by atoms with Crippen molar-refractivity contribution in [1.29, 1.82) is 0 Å². The molecule has 1 aromatic rings. The number of benzene rings is 1. The molecule has 0 aromatic heterocycles. The number of rotatable bonds is 2. The smallest absolute Gasteiger partial charge is 0.244 e. The van der Waals surface area contributed by atoms with E-state index in [1.807, 2.05) is 24.0 Å². The summed E-state index contributed by atoms with van der Waals surface area (Å²) in [6, 6.07) is 5.96. The molecular formula is C17H25N3O. The fourth-order valence-corrected chi connectivity index (χ4v) is 3.59. The highest BCUT2D eigenvalue weighted by Crippen LogP contribution is 2.33. The quantitative estimate of drug-likeness (QED) is 0.850. The van der Waals surface area contributed by atoms with E-state index in [1.165, 1.54) is 12.0 Å². The first kappa shape index (κ1) is 14.2. The van der Waals surface area contributed by atoms with Crippen LogP contribution in [0.15, 0.2) is 18.2 Å². The van der Waals surface area contributed by atoms with Crippen LogP contribution >= 0.6 is 0 Å². The van der Waals surface area contributed by atoms with Crippen LogP contribution in [0.2, 0.25) is 0 Å². The molecular weight excluding hydrogens is 262 g/mol. The number of carbonyl (C=O) groups excluding carboxylic acids is 1. The minimum Gasteiger partial charge on any atom is -0.398 e. The Bertz CT molecular complexity index is 523. The first-order valence-corrected chi connectivity index (χ1v) is 8.11. The van der Waals surface area contributed by atoms with Gasteiger partial charge in [0.2, 0.25) is 5.91 Å². The van der Waals surface area contributed by atoms with Crippen molar-refractivity contribution in [3.8, 4) is 0 Å². The predicted molar refractivity (Wildman–Crippen MR) is 86.4 cm³/mol. The normalized spacial score (nSPS) is 20.0. The highest BCUT2D eigenvalue weighted by molar-refractivity contribution is 5.86. The van der Waals surface area contributed by atoms with E-state index in [0.717, 1.165) is 56.7 Å². The average Bonchev–Trinajstić information content (AvgIpc) is 2.54. The van der Waals surface area contributed by atoms with Crippen LogP contribution in [0, 0.1) is 0 Å². The SMILES string of the molecule is CC(C(=O)N1CCCCC1)N1CCCc2c(N)cccc21. The van der Waals surface area contributed by atoms with Gasteiger partial charge in [-0.3, -0.25) is 4.79 Å². The molecule has 3 rings (SSSR count). The Morgan fingerprint density at radius 3 is 2.67 bits per heavy atom. The molecule has 0 aliphatic carbocycles. The number of fused-ring (bicyclic) bond motifs is 1. The van der Waals surface area contributed by atoms with Crippen LogP contribution in [0.3, 0.4) is 0 Å². The second-order valence-corrected chi connectivity index (χ2v) is 6.20. The van der Waals surface area contributed by atoms with Gasteiger partial charge in [0.1, 0.15) is 6.04 Å². The number of piperidine rings is 1. The molecule has 1 amide bonds. The lowest BCUT2D eigenvalue weighted by atomic mass is 9.98. The van der Waals surface area contributed by atoms with Crippen molar-refractivity contribution in [3.05, 3.63) is 23.8 Å². The molecule has 21 heavy (non-hydrogen) atoms. The van der Waals surface area contributed by atoms with Crippen LogP contribution < -0.4 is 10.6 Å². The lowest BCUT2D eigenvalue weighted by Crippen LogP contribution is -2.50. The van der Waals surface area contributed by atoms with Gasteiger partial charge in [-0.15, -0.1) is 0 Å². The fraction of sp³-hybridized carbons (Fsp3) is 0.588. The Balaban J connectivity index is 1.81.